The Morgan fingerprint density at radius 2 is 1.77 bits per heavy atom. The Hall–Kier alpha value is -2.68. The molecule has 5 nitrogen and oxygen atoms in total. The number of ketones is 1. The van der Waals surface area contributed by atoms with Gasteiger partial charge < -0.3 is 10.2 Å². The molecule has 2 rings (SSSR count). The molecule has 1 aromatic carbocycles. The molecule has 0 spiro atoms. The second-order valence-corrected chi connectivity index (χ2v) is 8.21. The predicted molar refractivity (Wildman–Crippen MR) is 110 cm³/mol. The van der Waals surface area contributed by atoms with Gasteiger partial charge in [0.25, 0.3) is 0 Å². The molecule has 0 aliphatic carbocycles. The predicted octanol–water partition coefficient (Wildman–Crippen LogP) is 4.83. The number of nitrogens with zero attached hydrogens (tertiary/aromatic N) is 1. The minimum Gasteiger partial charge on any atom is -0.334 e. The number of likely N-dealkylation sites (N-methyl/N-ethyl adjacent to an activating group) is 1. The zero-order chi connectivity index (χ0) is 22.5. The largest absolute Gasteiger partial charge is 0.418 e. The van der Waals surface area contributed by atoms with E-state index in [2.05, 4.69) is 5.32 Å². The number of benzene rings is 1. The molecule has 0 aliphatic heterocycles. The first kappa shape index (κ1) is 23.6. The van der Waals surface area contributed by atoms with Crippen LogP contribution < -0.4 is 5.32 Å². The van der Waals surface area contributed by atoms with Crippen LogP contribution in [0.1, 0.15) is 45.4 Å². The molecule has 0 bridgehead atoms. The third-order valence-electron chi connectivity index (χ3n) is 4.48. The Balaban J connectivity index is 1.96. The number of aryl methyl sites for hydroxylation is 2. The first-order valence-corrected chi connectivity index (χ1v) is 10.2. The Morgan fingerprint density at radius 3 is 2.33 bits per heavy atom. The van der Waals surface area contributed by atoms with E-state index in [0.717, 1.165) is 21.9 Å². The molecule has 1 aromatic heterocycles. The summed E-state index contributed by atoms with van der Waals surface area (Å²) in [5, 5.41) is 2.22. The lowest BCUT2D eigenvalue weighted by Gasteiger charge is -2.21. The fourth-order valence-electron chi connectivity index (χ4n) is 3.00. The van der Waals surface area contributed by atoms with Crippen molar-refractivity contribution in [1.29, 1.82) is 0 Å². The van der Waals surface area contributed by atoms with Gasteiger partial charge >= 0.3 is 6.18 Å². The summed E-state index contributed by atoms with van der Waals surface area (Å²) in [4.78, 5) is 40.1. The van der Waals surface area contributed by atoms with Crippen molar-refractivity contribution in [3.05, 3.63) is 51.2 Å². The summed E-state index contributed by atoms with van der Waals surface area (Å²) in [5.74, 6) is -1.29. The minimum absolute atomic E-state index is 0.00483. The van der Waals surface area contributed by atoms with E-state index in [1.165, 1.54) is 28.4 Å². The lowest BCUT2D eigenvalue weighted by Crippen LogP contribution is -2.38. The Bertz CT molecular complexity index is 938. The molecular weight excluding hydrogens is 417 g/mol. The van der Waals surface area contributed by atoms with Gasteiger partial charge in [-0.25, -0.2) is 0 Å². The van der Waals surface area contributed by atoms with E-state index >= 15 is 0 Å². The van der Waals surface area contributed by atoms with Crippen LogP contribution in [0.15, 0.2) is 30.3 Å². The molecule has 9 heteroatoms. The van der Waals surface area contributed by atoms with Crippen molar-refractivity contribution < 1.29 is 27.6 Å². The number of para-hydroxylation sites is 1. The standard InChI is InChI=1S/C21H23F3N2O3S/c1-4-26(20(29)10-9-18(27)15-11-13(2)30-14(15)3)12-19(28)25-17-8-6-5-7-16(17)21(22,23)24/h5-8,11H,4,9-10,12H2,1-3H3,(H,25,28). The zero-order valence-corrected chi connectivity index (χ0v) is 17.7. The van der Waals surface area contributed by atoms with Gasteiger partial charge in [0.05, 0.1) is 17.8 Å². The van der Waals surface area contributed by atoms with Crippen LogP contribution >= 0.6 is 11.3 Å². The number of thiophene rings is 1. The lowest BCUT2D eigenvalue weighted by molar-refractivity contribution is -0.137. The SMILES string of the molecule is CCN(CC(=O)Nc1ccccc1C(F)(F)F)C(=O)CCC(=O)c1cc(C)sc1C. The van der Waals surface area contributed by atoms with E-state index in [1.807, 2.05) is 13.8 Å². The molecule has 0 atom stereocenters. The highest BCUT2D eigenvalue weighted by Crippen LogP contribution is 2.34. The lowest BCUT2D eigenvalue weighted by atomic mass is 10.1. The van der Waals surface area contributed by atoms with Gasteiger partial charge in [0.2, 0.25) is 11.8 Å². The van der Waals surface area contributed by atoms with Gasteiger partial charge in [0, 0.05) is 34.7 Å². The maximum Gasteiger partial charge on any atom is 0.418 e. The van der Waals surface area contributed by atoms with Crippen LogP contribution in [-0.2, 0) is 15.8 Å². The van der Waals surface area contributed by atoms with Crippen molar-refractivity contribution in [2.75, 3.05) is 18.4 Å². The Labute approximate surface area is 176 Å². The number of anilines is 1. The summed E-state index contributed by atoms with van der Waals surface area (Å²) >= 11 is 1.51. The normalized spacial score (nSPS) is 11.3. The number of Topliss-reactive ketones (excluding diaryl/α,β-unsaturated/α-hetero) is 1. The molecule has 0 fully saturated rings. The quantitative estimate of drug-likeness (QED) is 0.598. The molecule has 2 amide bonds. The van der Waals surface area contributed by atoms with Crippen LogP contribution in [0.3, 0.4) is 0 Å². The van der Waals surface area contributed by atoms with Crippen molar-refractivity contribution in [2.24, 2.45) is 0 Å². The maximum absolute atomic E-state index is 13.1. The fourth-order valence-corrected chi connectivity index (χ4v) is 3.94. The average Bonchev–Trinajstić information content (AvgIpc) is 3.01. The van der Waals surface area contributed by atoms with Gasteiger partial charge in [-0.05, 0) is 39.0 Å². The first-order valence-electron chi connectivity index (χ1n) is 9.37. The van der Waals surface area contributed by atoms with Crippen LogP contribution in [-0.4, -0.2) is 35.6 Å². The number of alkyl halides is 3. The monoisotopic (exact) mass is 440 g/mol. The zero-order valence-electron chi connectivity index (χ0n) is 16.9. The number of halogens is 3. The number of hydrogen-bond acceptors (Lipinski definition) is 4. The van der Waals surface area contributed by atoms with Gasteiger partial charge in [0.15, 0.2) is 5.78 Å². The van der Waals surface area contributed by atoms with E-state index in [-0.39, 0.29) is 30.9 Å². The number of hydrogen-bond donors (Lipinski definition) is 1. The highest BCUT2D eigenvalue weighted by Gasteiger charge is 2.33. The fraction of sp³-hybridized carbons (Fsp3) is 0.381. The van der Waals surface area contributed by atoms with E-state index in [9.17, 15) is 27.6 Å². The minimum atomic E-state index is -4.61. The molecule has 30 heavy (non-hydrogen) atoms. The molecule has 1 heterocycles. The molecule has 1 N–H and O–H groups in total. The highest BCUT2D eigenvalue weighted by molar-refractivity contribution is 7.12. The third kappa shape index (κ3) is 6.16. The first-order chi connectivity index (χ1) is 14.0. The van der Waals surface area contributed by atoms with E-state index in [0.29, 0.717) is 5.56 Å². The molecule has 162 valence electrons. The summed E-state index contributed by atoms with van der Waals surface area (Å²) in [5.41, 5.74) is -0.730. The van der Waals surface area contributed by atoms with Crippen molar-refractivity contribution in [3.8, 4) is 0 Å². The average molecular weight is 440 g/mol. The maximum atomic E-state index is 13.1. The number of amides is 2. The number of rotatable bonds is 8. The summed E-state index contributed by atoms with van der Waals surface area (Å²) in [6.07, 6.45) is -4.68. The molecule has 0 saturated heterocycles. The second-order valence-electron chi connectivity index (χ2n) is 6.75. The van der Waals surface area contributed by atoms with E-state index < -0.39 is 30.1 Å². The van der Waals surface area contributed by atoms with Crippen LogP contribution in [0, 0.1) is 13.8 Å². The van der Waals surface area contributed by atoms with Crippen molar-refractivity contribution in [2.45, 2.75) is 39.8 Å². The van der Waals surface area contributed by atoms with Crippen LogP contribution in [0.4, 0.5) is 18.9 Å². The number of carbonyl (C=O) groups is 3. The summed E-state index contributed by atoms with van der Waals surface area (Å²) in [6.45, 7) is 5.19. The summed E-state index contributed by atoms with van der Waals surface area (Å²) < 4.78 is 39.2. The third-order valence-corrected chi connectivity index (χ3v) is 5.45. The van der Waals surface area contributed by atoms with E-state index in [4.69, 9.17) is 0 Å². The number of carbonyl (C=O) groups excluding carboxylic acids is 3. The number of nitrogens with one attached hydrogen (secondary N) is 1. The van der Waals surface area contributed by atoms with Crippen LogP contribution in [0.5, 0.6) is 0 Å². The van der Waals surface area contributed by atoms with Gasteiger partial charge in [-0.3, -0.25) is 14.4 Å². The van der Waals surface area contributed by atoms with Crippen molar-refractivity contribution in [1.82, 2.24) is 4.90 Å². The van der Waals surface area contributed by atoms with Gasteiger partial charge in [-0.1, -0.05) is 12.1 Å². The molecule has 0 aliphatic rings. The van der Waals surface area contributed by atoms with Gasteiger partial charge in [-0.2, -0.15) is 13.2 Å². The van der Waals surface area contributed by atoms with Crippen molar-refractivity contribution >= 4 is 34.6 Å². The van der Waals surface area contributed by atoms with E-state index in [1.54, 1.807) is 13.0 Å². The molecule has 0 radical (unpaired) electrons. The van der Waals surface area contributed by atoms with Crippen LogP contribution in [0.25, 0.3) is 0 Å². The topological polar surface area (TPSA) is 66.5 Å². The van der Waals surface area contributed by atoms with Crippen LogP contribution in [0.2, 0.25) is 0 Å². The summed E-state index contributed by atoms with van der Waals surface area (Å²) in [6, 6.07) is 6.43. The van der Waals surface area contributed by atoms with Gasteiger partial charge in [-0.15, -0.1) is 11.3 Å². The smallest absolute Gasteiger partial charge is 0.334 e. The highest BCUT2D eigenvalue weighted by atomic mass is 32.1. The molecular formula is C21H23F3N2O3S. The second kappa shape index (κ2) is 9.88. The molecule has 0 unspecified atom stereocenters. The van der Waals surface area contributed by atoms with Gasteiger partial charge in [0.1, 0.15) is 0 Å². The molecule has 0 saturated carbocycles. The van der Waals surface area contributed by atoms with Crippen molar-refractivity contribution in [3.63, 3.8) is 0 Å². The summed E-state index contributed by atoms with van der Waals surface area (Å²) in [7, 11) is 0. The Kier molecular flexibility index (Phi) is 7.77. The molecule has 2 aromatic rings. The Morgan fingerprint density at radius 1 is 1.10 bits per heavy atom.